The standard InChI is InChI=1S/C6H11N3/c1-4(2)6-7-5(3)8-9-6/h4H,1-3H3,(H,7,8,9). The summed E-state index contributed by atoms with van der Waals surface area (Å²) >= 11 is 0. The van der Waals surface area contributed by atoms with Crippen LogP contribution in [-0.4, -0.2) is 15.2 Å². The van der Waals surface area contributed by atoms with Crippen molar-refractivity contribution in [1.29, 1.82) is 0 Å². The summed E-state index contributed by atoms with van der Waals surface area (Å²) in [5.74, 6) is 2.21. The van der Waals surface area contributed by atoms with Crippen LogP contribution in [0.5, 0.6) is 0 Å². The van der Waals surface area contributed by atoms with Crippen LogP contribution in [0, 0.1) is 6.92 Å². The van der Waals surface area contributed by atoms with Gasteiger partial charge < -0.3 is 0 Å². The third-order valence-corrected chi connectivity index (χ3v) is 1.13. The van der Waals surface area contributed by atoms with Gasteiger partial charge in [-0.2, -0.15) is 5.10 Å². The van der Waals surface area contributed by atoms with Crippen LogP contribution >= 0.6 is 0 Å². The zero-order valence-electron chi connectivity index (χ0n) is 5.97. The van der Waals surface area contributed by atoms with E-state index in [1.165, 1.54) is 0 Å². The quantitative estimate of drug-likeness (QED) is 0.613. The third kappa shape index (κ3) is 1.28. The summed E-state index contributed by atoms with van der Waals surface area (Å²) < 4.78 is 0. The van der Waals surface area contributed by atoms with E-state index in [0.717, 1.165) is 11.6 Å². The first-order valence-electron chi connectivity index (χ1n) is 3.09. The SMILES string of the molecule is Cc1nc(C(C)C)n[nH]1. The van der Waals surface area contributed by atoms with Gasteiger partial charge in [-0.3, -0.25) is 5.10 Å². The third-order valence-electron chi connectivity index (χ3n) is 1.13. The molecular formula is C6H11N3. The number of rotatable bonds is 1. The van der Waals surface area contributed by atoms with E-state index < -0.39 is 0 Å². The van der Waals surface area contributed by atoms with Gasteiger partial charge in [-0.15, -0.1) is 0 Å². The lowest BCUT2D eigenvalue weighted by Crippen LogP contribution is -1.89. The largest absolute Gasteiger partial charge is 0.263 e. The summed E-state index contributed by atoms with van der Waals surface area (Å²) in [6.45, 7) is 6.05. The lowest BCUT2D eigenvalue weighted by Gasteiger charge is -1.92. The van der Waals surface area contributed by atoms with Crippen LogP contribution in [0.3, 0.4) is 0 Å². The van der Waals surface area contributed by atoms with Crippen molar-refractivity contribution >= 4 is 0 Å². The highest BCUT2D eigenvalue weighted by Gasteiger charge is 2.02. The average molecular weight is 125 g/mol. The van der Waals surface area contributed by atoms with E-state index in [4.69, 9.17) is 0 Å². The van der Waals surface area contributed by atoms with Crippen LogP contribution in [0.2, 0.25) is 0 Å². The Balaban J connectivity index is 2.85. The second kappa shape index (κ2) is 2.17. The summed E-state index contributed by atoms with van der Waals surface area (Å²) in [4.78, 5) is 4.14. The molecule has 1 aromatic heterocycles. The maximum absolute atomic E-state index is 4.14. The first-order valence-corrected chi connectivity index (χ1v) is 3.09. The molecule has 1 N–H and O–H groups in total. The highest BCUT2D eigenvalue weighted by Crippen LogP contribution is 2.06. The predicted molar refractivity (Wildman–Crippen MR) is 35.2 cm³/mol. The Morgan fingerprint density at radius 1 is 1.44 bits per heavy atom. The van der Waals surface area contributed by atoms with Gasteiger partial charge in [0.05, 0.1) is 0 Å². The molecule has 0 radical (unpaired) electrons. The molecule has 0 amide bonds. The fourth-order valence-electron chi connectivity index (χ4n) is 0.618. The van der Waals surface area contributed by atoms with E-state index in [-0.39, 0.29) is 0 Å². The van der Waals surface area contributed by atoms with E-state index >= 15 is 0 Å². The molecule has 0 aliphatic carbocycles. The highest BCUT2D eigenvalue weighted by atomic mass is 15.2. The monoisotopic (exact) mass is 125 g/mol. The Labute approximate surface area is 54.5 Å². The van der Waals surface area contributed by atoms with Gasteiger partial charge in [0.15, 0.2) is 5.82 Å². The first kappa shape index (κ1) is 6.26. The van der Waals surface area contributed by atoms with Crippen molar-refractivity contribution in [2.75, 3.05) is 0 Å². The maximum atomic E-state index is 4.14. The van der Waals surface area contributed by atoms with Crippen LogP contribution in [0.1, 0.15) is 31.4 Å². The van der Waals surface area contributed by atoms with E-state index in [9.17, 15) is 0 Å². The van der Waals surface area contributed by atoms with Gasteiger partial charge in [-0.1, -0.05) is 13.8 Å². The number of aromatic nitrogens is 3. The lowest BCUT2D eigenvalue weighted by atomic mass is 10.2. The van der Waals surface area contributed by atoms with E-state index in [2.05, 4.69) is 29.0 Å². The second-order valence-electron chi connectivity index (χ2n) is 2.43. The highest BCUT2D eigenvalue weighted by molar-refractivity contribution is 4.92. The number of aromatic amines is 1. The average Bonchev–Trinajstić information content (AvgIpc) is 2.14. The Morgan fingerprint density at radius 3 is 2.33 bits per heavy atom. The molecule has 9 heavy (non-hydrogen) atoms. The molecule has 0 atom stereocenters. The van der Waals surface area contributed by atoms with E-state index in [1.54, 1.807) is 0 Å². The van der Waals surface area contributed by atoms with Crippen LogP contribution in [-0.2, 0) is 0 Å². The normalized spacial score (nSPS) is 10.7. The van der Waals surface area contributed by atoms with Crippen molar-refractivity contribution in [3.63, 3.8) is 0 Å². The zero-order valence-corrected chi connectivity index (χ0v) is 5.97. The Bertz CT molecular complexity index is 190. The number of H-pyrrole nitrogens is 1. The van der Waals surface area contributed by atoms with Crippen molar-refractivity contribution < 1.29 is 0 Å². The molecule has 0 saturated heterocycles. The molecule has 1 aromatic rings. The molecule has 0 saturated carbocycles. The molecule has 3 heteroatoms. The molecule has 0 spiro atoms. The van der Waals surface area contributed by atoms with Crippen LogP contribution < -0.4 is 0 Å². The molecule has 0 aromatic carbocycles. The minimum absolute atomic E-state index is 0.426. The summed E-state index contributed by atoms with van der Waals surface area (Å²) in [6.07, 6.45) is 0. The zero-order chi connectivity index (χ0) is 6.85. The van der Waals surface area contributed by atoms with E-state index in [0.29, 0.717) is 5.92 Å². The fraction of sp³-hybridized carbons (Fsp3) is 0.667. The van der Waals surface area contributed by atoms with Crippen LogP contribution in [0.4, 0.5) is 0 Å². The van der Waals surface area contributed by atoms with Gasteiger partial charge in [-0.25, -0.2) is 4.98 Å². The molecule has 1 rings (SSSR count). The minimum atomic E-state index is 0.426. The molecule has 1 heterocycles. The number of hydrogen-bond donors (Lipinski definition) is 1. The lowest BCUT2D eigenvalue weighted by molar-refractivity contribution is 0.780. The topological polar surface area (TPSA) is 41.6 Å². The Kier molecular flexibility index (Phi) is 1.51. The van der Waals surface area contributed by atoms with Crippen molar-refractivity contribution in [2.45, 2.75) is 26.7 Å². The summed E-state index contributed by atoms with van der Waals surface area (Å²) in [5.41, 5.74) is 0. The number of nitrogens with one attached hydrogen (secondary N) is 1. The van der Waals surface area contributed by atoms with Crippen molar-refractivity contribution in [3.8, 4) is 0 Å². The molecular weight excluding hydrogens is 114 g/mol. The molecule has 0 fully saturated rings. The van der Waals surface area contributed by atoms with Gasteiger partial charge >= 0.3 is 0 Å². The molecule has 50 valence electrons. The number of nitrogens with zero attached hydrogens (tertiary/aromatic N) is 2. The molecule has 0 bridgehead atoms. The minimum Gasteiger partial charge on any atom is -0.263 e. The van der Waals surface area contributed by atoms with Crippen molar-refractivity contribution in [3.05, 3.63) is 11.6 Å². The van der Waals surface area contributed by atoms with Crippen LogP contribution in [0.15, 0.2) is 0 Å². The second-order valence-corrected chi connectivity index (χ2v) is 2.43. The number of hydrogen-bond acceptors (Lipinski definition) is 2. The molecule has 0 unspecified atom stereocenters. The Hall–Kier alpha value is -0.860. The van der Waals surface area contributed by atoms with Gasteiger partial charge in [0.25, 0.3) is 0 Å². The maximum Gasteiger partial charge on any atom is 0.153 e. The summed E-state index contributed by atoms with van der Waals surface area (Å²) in [5, 5.41) is 6.77. The van der Waals surface area contributed by atoms with Crippen LogP contribution in [0.25, 0.3) is 0 Å². The Morgan fingerprint density at radius 2 is 2.11 bits per heavy atom. The van der Waals surface area contributed by atoms with Gasteiger partial charge in [0.2, 0.25) is 0 Å². The van der Waals surface area contributed by atoms with Gasteiger partial charge in [0.1, 0.15) is 5.82 Å². The first-order chi connectivity index (χ1) is 4.20. The summed E-state index contributed by atoms with van der Waals surface area (Å²) in [7, 11) is 0. The predicted octanol–water partition coefficient (Wildman–Crippen LogP) is 1.24. The smallest absolute Gasteiger partial charge is 0.153 e. The van der Waals surface area contributed by atoms with Crippen molar-refractivity contribution in [2.24, 2.45) is 0 Å². The van der Waals surface area contributed by atoms with Gasteiger partial charge in [-0.05, 0) is 6.92 Å². The number of aryl methyl sites for hydroxylation is 1. The molecule has 0 aliphatic heterocycles. The molecule has 0 aliphatic rings. The van der Waals surface area contributed by atoms with Gasteiger partial charge in [0, 0.05) is 5.92 Å². The van der Waals surface area contributed by atoms with Crippen molar-refractivity contribution in [1.82, 2.24) is 15.2 Å². The van der Waals surface area contributed by atoms with E-state index in [1.807, 2.05) is 6.92 Å². The summed E-state index contributed by atoms with van der Waals surface area (Å²) in [6, 6.07) is 0. The fourth-order valence-corrected chi connectivity index (χ4v) is 0.618. The molecule has 3 nitrogen and oxygen atoms in total.